The van der Waals surface area contributed by atoms with E-state index in [4.69, 9.17) is 5.11 Å². The van der Waals surface area contributed by atoms with E-state index < -0.39 is 23.2 Å². The number of carbonyl (C=O) groups is 2. The number of benzene rings is 1. The minimum Gasteiger partial charge on any atom is -0.481 e. The molecule has 0 bridgehead atoms. The molecule has 1 aromatic carbocycles. The molecule has 1 aromatic rings. The van der Waals surface area contributed by atoms with Crippen LogP contribution in [0.2, 0.25) is 0 Å². The molecule has 0 saturated heterocycles. The normalized spacial score (nSPS) is 13.9. The van der Waals surface area contributed by atoms with Crippen LogP contribution in [0, 0.1) is 11.7 Å². The summed E-state index contributed by atoms with van der Waals surface area (Å²) in [6.45, 7) is 5.37. The number of carboxylic acids is 1. The number of nitrogens with one attached hydrogen (secondary N) is 1. The van der Waals surface area contributed by atoms with Crippen LogP contribution in [-0.4, -0.2) is 22.5 Å². The maximum absolute atomic E-state index is 12.8. The molecule has 0 fully saturated rings. The molecule has 1 amide bonds. The van der Waals surface area contributed by atoms with Crippen LogP contribution in [0.3, 0.4) is 0 Å². The molecule has 0 aliphatic rings. The maximum atomic E-state index is 12.8. The molecule has 0 heterocycles. The Bertz CT molecular complexity index is 470. The highest BCUT2D eigenvalue weighted by molar-refractivity contribution is 5.94. The monoisotopic (exact) mass is 267 g/mol. The van der Waals surface area contributed by atoms with Crippen molar-refractivity contribution < 1.29 is 19.1 Å². The molecule has 0 spiro atoms. The van der Waals surface area contributed by atoms with Crippen LogP contribution in [0.5, 0.6) is 0 Å². The van der Waals surface area contributed by atoms with Crippen LogP contribution in [0.4, 0.5) is 4.39 Å². The van der Waals surface area contributed by atoms with Crippen molar-refractivity contribution in [3.63, 3.8) is 0 Å². The van der Waals surface area contributed by atoms with E-state index >= 15 is 0 Å². The highest BCUT2D eigenvalue weighted by Gasteiger charge is 2.33. The van der Waals surface area contributed by atoms with Gasteiger partial charge in [-0.3, -0.25) is 9.59 Å². The lowest BCUT2D eigenvalue weighted by atomic mass is 9.85. The molecular weight excluding hydrogens is 249 g/mol. The Balaban J connectivity index is 2.88. The zero-order valence-corrected chi connectivity index (χ0v) is 11.2. The van der Waals surface area contributed by atoms with Crippen LogP contribution < -0.4 is 5.32 Å². The van der Waals surface area contributed by atoms with E-state index in [-0.39, 0.29) is 12.3 Å². The van der Waals surface area contributed by atoms with Gasteiger partial charge in [0, 0.05) is 5.56 Å². The first-order chi connectivity index (χ1) is 8.74. The predicted molar refractivity (Wildman–Crippen MR) is 69.4 cm³/mol. The molecule has 5 heteroatoms. The van der Waals surface area contributed by atoms with Crippen LogP contribution in [-0.2, 0) is 4.79 Å². The van der Waals surface area contributed by atoms with Gasteiger partial charge in [-0.1, -0.05) is 13.8 Å². The van der Waals surface area contributed by atoms with Crippen molar-refractivity contribution in [2.24, 2.45) is 5.92 Å². The number of amides is 1. The van der Waals surface area contributed by atoms with E-state index in [9.17, 15) is 14.0 Å². The Morgan fingerprint density at radius 1 is 1.32 bits per heavy atom. The first-order valence-electron chi connectivity index (χ1n) is 6.04. The van der Waals surface area contributed by atoms with Gasteiger partial charge < -0.3 is 10.4 Å². The summed E-state index contributed by atoms with van der Waals surface area (Å²) < 4.78 is 12.8. The summed E-state index contributed by atoms with van der Waals surface area (Å²) in [5, 5.41) is 11.6. The summed E-state index contributed by atoms with van der Waals surface area (Å²) in [5.41, 5.74) is -0.546. The van der Waals surface area contributed by atoms with Crippen LogP contribution >= 0.6 is 0 Å². The lowest BCUT2D eigenvalue weighted by molar-refractivity contribution is -0.138. The third kappa shape index (κ3) is 4.05. The van der Waals surface area contributed by atoms with Gasteiger partial charge >= 0.3 is 5.97 Å². The van der Waals surface area contributed by atoms with Gasteiger partial charge in [0.25, 0.3) is 5.91 Å². The molecule has 1 unspecified atom stereocenters. The number of hydrogen-bond acceptors (Lipinski definition) is 2. The third-order valence-corrected chi connectivity index (χ3v) is 3.30. The van der Waals surface area contributed by atoms with E-state index in [1.165, 1.54) is 24.3 Å². The minimum atomic E-state index is -0.976. The van der Waals surface area contributed by atoms with Gasteiger partial charge in [-0.05, 0) is 37.1 Å². The molecule has 104 valence electrons. The van der Waals surface area contributed by atoms with Crippen LogP contribution in [0.15, 0.2) is 24.3 Å². The molecule has 1 rings (SSSR count). The summed E-state index contributed by atoms with van der Waals surface area (Å²) in [4.78, 5) is 22.9. The topological polar surface area (TPSA) is 66.4 Å². The van der Waals surface area contributed by atoms with Crippen LogP contribution in [0.25, 0.3) is 0 Å². The fraction of sp³-hybridized carbons (Fsp3) is 0.429. The summed E-state index contributed by atoms with van der Waals surface area (Å²) in [7, 11) is 0. The van der Waals surface area contributed by atoms with Crippen molar-refractivity contribution in [3.05, 3.63) is 35.6 Å². The molecule has 0 aliphatic heterocycles. The molecule has 0 radical (unpaired) electrons. The van der Waals surface area contributed by atoms with Crippen LogP contribution in [0.1, 0.15) is 37.6 Å². The lowest BCUT2D eigenvalue weighted by Gasteiger charge is -2.33. The van der Waals surface area contributed by atoms with E-state index in [1.54, 1.807) is 6.92 Å². The molecule has 0 aromatic heterocycles. The fourth-order valence-corrected chi connectivity index (χ4v) is 1.64. The molecule has 4 nitrogen and oxygen atoms in total. The van der Waals surface area contributed by atoms with Gasteiger partial charge in [-0.25, -0.2) is 4.39 Å². The summed E-state index contributed by atoms with van der Waals surface area (Å²) in [6.07, 6.45) is -0.169. The minimum absolute atomic E-state index is 0.0481. The van der Waals surface area contributed by atoms with E-state index in [0.717, 1.165) is 0 Å². The van der Waals surface area contributed by atoms with Gasteiger partial charge in [0.2, 0.25) is 0 Å². The molecule has 19 heavy (non-hydrogen) atoms. The standard InChI is InChI=1S/C14H18FNO3/c1-9(2)14(3,8-12(17)18)16-13(19)10-4-6-11(15)7-5-10/h4-7,9H,8H2,1-3H3,(H,16,19)(H,17,18). The first kappa shape index (κ1) is 15.1. The Morgan fingerprint density at radius 2 is 1.84 bits per heavy atom. The number of halogens is 1. The molecule has 2 N–H and O–H groups in total. The molecular formula is C14H18FNO3. The van der Waals surface area contributed by atoms with Crippen molar-refractivity contribution in [2.45, 2.75) is 32.7 Å². The molecule has 0 aliphatic carbocycles. The number of carbonyl (C=O) groups excluding carboxylic acids is 1. The third-order valence-electron chi connectivity index (χ3n) is 3.30. The highest BCUT2D eigenvalue weighted by Crippen LogP contribution is 2.21. The Labute approximate surface area is 111 Å². The summed E-state index contributed by atoms with van der Waals surface area (Å²) in [5.74, 6) is -1.85. The van der Waals surface area contributed by atoms with Crippen molar-refractivity contribution in [2.75, 3.05) is 0 Å². The van der Waals surface area contributed by atoms with Gasteiger partial charge in [-0.15, -0.1) is 0 Å². The molecule has 1 atom stereocenters. The summed E-state index contributed by atoms with van der Waals surface area (Å²) in [6, 6.07) is 5.12. The van der Waals surface area contributed by atoms with E-state index in [2.05, 4.69) is 5.32 Å². The second kappa shape index (κ2) is 5.82. The Kier molecular flexibility index (Phi) is 4.64. The number of rotatable bonds is 5. The SMILES string of the molecule is CC(C)C(C)(CC(=O)O)NC(=O)c1ccc(F)cc1. The fourth-order valence-electron chi connectivity index (χ4n) is 1.64. The Hall–Kier alpha value is -1.91. The average molecular weight is 267 g/mol. The number of carboxylic acid groups (broad SMARTS) is 1. The lowest BCUT2D eigenvalue weighted by Crippen LogP contribution is -2.51. The predicted octanol–water partition coefficient (Wildman–Crippen LogP) is 2.44. The zero-order valence-electron chi connectivity index (χ0n) is 11.2. The highest BCUT2D eigenvalue weighted by atomic mass is 19.1. The Morgan fingerprint density at radius 3 is 2.26 bits per heavy atom. The van der Waals surface area contributed by atoms with E-state index in [0.29, 0.717) is 5.56 Å². The largest absolute Gasteiger partial charge is 0.481 e. The molecule has 0 saturated carbocycles. The van der Waals surface area contributed by atoms with Crippen molar-refractivity contribution in [3.8, 4) is 0 Å². The van der Waals surface area contributed by atoms with Crippen molar-refractivity contribution in [1.82, 2.24) is 5.32 Å². The van der Waals surface area contributed by atoms with Crippen molar-refractivity contribution in [1.29, 1.82) is 0 Å². The second-order valence-corrected chi connectivity index (χ2v) is 5.10. The van der Waals surface area contributed by atoms with Gasteiger partial charge in [-0.2, -0.15) is 0 Å². The first-order valence-corrected chi connectivity index (χ1v) is 6.04. The quantitative estimate of drug-likeness (QED) is 0.861. The maximum Gasteiger partial charge on any atom is 0.305 e. The average Bonchev–Trinajstić information content (AvgIpc) is 2.28. The van der Waals surface area contributed by atoms with Gasteiger partial charge in [0.15, 0.2) is 0 Å². The van der Waals surface area contributed by atoms with Gasteiger partial charge in [0.05, 0.1) is 12.0 Å². The smallest absolute Gasteiger partial charge is 0.305 e. The number of hydrogen-bond donors (Lipinski definition) is 2. The van der Waals surface area contributed by atoms with Gasteiger partial charge in [0.1, 0.15) is 5.82 Å². The summed E-state index contributed by atoms with van der Waals surface area (Å²) >= 11 is 0. The van der Waals surface area contributed by atoms with Crippen molar-refractivity contribution >= 4 is 11.9 Å². The second-order valence-electron chi connectivity index (χ2n) is 5.10. The van der Waals surface area contributed by atoms with E-state index in [1.807, 2.05) is 13.8 Å². The number of aliphatic carboxylic acids is 1. The zero-order chi connectivity index (χ0) is 14.6.